The third-order valence-electron chi connectivity index (χ3n) is 1.71. The Kier molecular flexibility index (Phi) is 6.12. The van der Waals surface area contributed by atoms with Crippen LogP contribution in [0.3, 0.4) is 0 Å². The molecule has 0 spiro atoms. The van der Waals surface area contributed by atoms with Crippen LogP contribution in [0.1, 0.15) is 13.8 Å². The molecule has 0 unspecified atom stereocenters. The fourth-order valence-electron chi connectivity index (χ4n) is 0.770. The molecule has 0 amide bonds. The fourth-order valence-corrected chi connectivity index (χ4v) is 0.770. The van der Waals surface area contributed by atoms with Gasteiger partial charge in [-0.3, -0.25) is 0 Å². The van der Waals surface area contributed by atoms with Crippen molar-refractivity contribution in [3.8, 4) is 0 Å². The molecular weight excluding hydrogens is 172 g/mol. The summed E-state index contributed by atoms with van der Waals surface area (Å²) in [4.78, 5) is 6.17. The van der Waals surface area contributed by atoms with E-state index < -0.39 is 0 Å². The average Bonchev–Trinajstić information content (AvgIpc) is 2.15. The maximum atomic E-state index is 4.23. The quantitative estimate of drug-likeness (QED) is 0.369. The van der Waals surface area contributed by atoms with Crippen molar-refractivity contribution in [1.82, 2.24) is 4.90 Å². The summed E-state index contributed by atoms with van der Waals surface area (Å²) in [6.45, 7) is 11.2. The summed E-state index contributed by atoms with van der Waals surface area (Å²) in [7, 11) is 1.94. The zero-order valence-corrected chi connectivity index (χ0v) is 9.20. The van der Waals surface area contributed by atoms with Crippen LogP contribution < -0.4 is 0 Å². The first-order valence-corrected chi connectivity index (χ1v) is 4.47. The zero-order valence-electron chi connectivity index (χ0n) is 9.20. The standard InChI is InChI=1S/C12H18N2/c1-6-8-11(3)13-10-14(5)12(4)9-7-2/h6-10H,1-2H2,3-5H3/b11-8+,12-9+,13-10?. The molecule has 0 aliphatic heterocycles. The Morgan fingerprint density at radius 1 is 1.14 bits per heavy atom. The van der Waals surface area contributed by atoms with Gasteiger partial charge in [0, 0.05) is 18.4 Å². The molecule has 0 aromatic rings. The van der Waals surface area contributed by atoms with Gasteiger partial charge < -0.3 is 4.90 Å². The molecule has 0 aliphatic carbocycles. The summed E-state index contributed by atoms with van der Waals surface area (Å²) >= 11 is 0. The third-order valence-corrected chi connectivity index (χ3v) is 1.71. The number of hydrogen-bond donors (Lipinski definition) is 0. The highest BCUT2D eigenvalue weighted by atomic mass is 15.1. The van der Waals surface area contributed by atoms with E-state index in [9.17, 15) is 0 Å². The Labute approximate surface area is 86.7 Å². The van der Waals surface area contributed by atoms with Gasteiger partial charge in [0.25, 0.3) is 0 Å². The SMILES string of the molecule is C=C/C=C(\C)N=CN(C)/C(C)=C/C=C. The van der Waals surface area contributed by atoms with Crippen LogP contribution in [0.4, 0.5) is 0 Å². The summed E-state index contributed by atoms with van der Waals surface area (Å²) in [6, 6.07) is 0. The van der Waals surface area contributed by atoms with Gasteiger partial charge in [0.1, 0.15) is 0 Å². The number of aliphatic imine (C=N–C) groups is 1. The van der Waals surface area contributed by atoms with Crippen LogP contribution in [0.25, 0.3) is 0 Å². The molecule has 0 heterocycles. The van der Waals surface area contributed by atoms with Gasteiger partial charge in [-0.2, -0.15) is 0 Å². The first-order valence-electron chi connectivity index (χ1n) is 4.47. The molecule has 2 nitrogen and oxygen atoms in total. The van der Waals surface area contributed by atoms with Crippen LogP contribution in [0.2, 0.25) is 0 Å². The van der Waals surface area contributed by atoms with Crippen LogP contribution in [0.5, 0.6) is 0 Å². The first kappa shape index (κ1) is 12.4. The third kappa shape index (κ3) is 5.14. The summed E-state index contributed by atoms with van der Waals surface area (Å²) in [5, 5.41) is 0. The largest absolute Gasteiger partial charge is 0.340 e. The van der Waals surface area contributed by atoms with Gasteiger partial charge in [-0.05, 0) is 26.0 Å². The molecule has 0 saturated carbocycles. The van der Waals surface area contributed by atoms with Gasteiger partial charge in [-0.1, -0.05) is 25.3 Å². The highest BCUT2D eigenvalue weighted by molar-refractivity contribution is 5.59. The smallest absolute Gasteiger partial charge is 0.0947 e. The second kappa shape index (κ2) is 6.89. The van der Waals surface area contributed by atoms with Gasteiger partial charge in [0.2, 0.25) is 0 Å². The highest BCUT2D eigenvalue weighted by Gasteiger charge is 1.91. The Hall–Kier alpha value is -1.57. The van der Waals surface area contributed by atoms with Gasteiger partial charge in [-0.25, -0.2) is 4.99 Å². The molecule has 0 aromatic heterocycles. The number of allylic oxidation sites excluding steroid dienone is 6. The van der Waals surface area contributed by atoms with Crippen LogP contribution in [0.15, 0.2) is 53.8 Å². The van der Waals surface area contributed by atoms with Crippen molar-refractivity contribution < 1.29 is 0 Å². The van der Waals surface area contributed by atoms with Crippen LogP contribution >= 0.6 is 0 Å². The van der Waals surface area contributed by atoms with Crippen LogP contribution in [-0.4, -0.2) is 18.3 Å². The van der Waals surface area contributed by atoms with Crippen LogP contribution in [0, 0.1) is 0 Å². The zero-order chi connectivity index (χ0) is 11.0. The normalized spacial score (nSPS) is 13.1. The second-order valence-corrected chi connectivity index (χ2v) is 2.94. The molecule has 76 valence electrons. The van der Waals surface area contributed by atoms with Crippen molar-refractivity contribution in [3.05, 3.63) is 48.9 Å². The predicted molar refractivity (Wildman–Crippen MR) is 64.2 cm³/mol. The highest BCUT2D eigenvalue weighted by Crippen LogP contribution is 1.99. The molecule has 0 aromatic carbocycles. The molecular formula is C12H18N2. The molecule has 0 radical (unpaired) electrons. The van der Waals surface area contributed by atoms with E-state index in [0.717, 1.165) is 11.4 Å². The topological polar surface area (TPSA) is 15.6 Å². The molecule has 0 bridgehead atoms. The Bertz CT molecular complexity index is 283. The molecule has 0 fully saturated rings. The Morgan fingerprint density at radius 3 is 2.21 bits per heavy atom. The molecule has 14 heavy (non-hydrogen) atoms. The van der Waals surface area contributed by atoms with Crippen molar-refractivity contribution in [3.63, 3.8) is 0 Å². The summed E-state index contributed by atoms with van der Waals surface area (Å²) in [6.07, 6.45) is 9.03. The van der Waals surface area contributed by atoms with Gasteiger partial charge in [-0.15, -0.1) is 0 Å². The van der Waals surface area contributed by atoms with E-state index in [4.69, 9.17) is 0 Å². The monoisotopic (exact) mass is 190 g/mol. The molecule has 0 rings (SSSR count). The van der Waals surface area contributed by atoms with Crippen molar-refractivity contribution in [1.29, 1.82) is 0 Å². The predicted octanol–water partition coefficient (Wildman–Crippen LogP) is 3.13. The van der Waals surface area contributed by atoms with Crippen molar-refractivity contribution >= 4 is 6.34 Å². The summed E-state index contributed by atoms with van der Waals surface area (Å²) in [5.41, 5.74) is 2.02. The Morgan fingerprint density at radius 2 is 1.71 bits per heavy atom. The van der Waals surface area contributed by atoms with E-state index in [2.05, 4.69) is 18.2 Å². The minimum Gasteiger partial charge on any atom is -0.340 e. The molecule has 0 saturated heterocycles. The van der Waals surface area contributed by atoms with E-state index in [1.807, 2.05) is 37.9 Å². The van der Waals surface area contributed by atoms with E-state index in [1.54, 1.807) is 18.5 Å². The fraction of sp³-hybridized carbons (Fsp3) is 0.250. The number of rotatable bonds is 5. The van der Waals surface area contributed by atoms with Crippen molar-refractivity contribution in [2.24, 2.45) is 4.99 Å². The lowest BCUT2D eigenvalue weighted by atomic mass is 10.4. The average molecular weight is 190 g/mol. The van der Waals surface area contributed by atoms with Crippen molar-refractivity contribution in [2.75, 3.05) is 7.05 Å². The number of nitrogens with zero attached hydrogens (tertiary/aromatic N) is 2. The van der Waals surface area contributed by atoms with Crippen LogP contribution in [-0.2, 0) is 0 Å². The second-order valence-electron chi connectivity index (χ2n) is 2.94. The van der Waals surface area contributed by atoms with Crippen molar-refractivity contribution in [2.45, 2.75) is 13.8 Å². The molecule has 0 N–H and O–H groups in total. The lowest BCUT2D eigenvalue weighted by Gasteiger charge is -2.12. The van der Waals surface area contributed by atoms with Gasteiger partial charge in [0.05, 0.1) is 6.34 Å². The van der Waals surface area contributed by atoms with E-state index >= 15 is 0 Å². The lowest BCUT2D eigenvalue weighted by molar-refractivity contribution is 0.645. The maximum absolute atomic E-state index is 4.23. The van der Waals surface area contributed by atoms with E-state index in [0.29, 0.717) is 0 Å². The number of hydrogen-bond acceptors (Lipinski definition) is 1. The minimum atomic E-state index is 0.929. The lowest BCUT2D eigenvalue weighted by Crippen LogP contribution is -2.12. The van der Waals surface area contributed by atoms with E-state index in [-0.39, 0.29) is 0 Å². The molecule has 2 heteroatoms. The first-order chi connectivity index (χ1) is 6.61. The maximum Gasteiger partial charge on any atom is 0.0947 e. The Balaban J connectivity index is 4.38. The summed E-state index contributed by atoms with van der Waals surface area (Å²) < 4.78 is 0. The molecule has 0 aliphatic rings. The minimum absolute atomic E-state index is 0.929. The van der Waals surface area contributed by atoms with Gasteiger partial charge in [0.15, 0.2) is 0 Å². The molecule has 0 atom stereocenters. The van der Waals surface area contributed by atoms with E-state index in [1.165, 1.54) is 0 Å². The van der Waals surface area contributed by atoms with Gasteiger partial charge >= 0.3 is 0 Å². The summed E-state index contributed by atoms with van der Waals surface area (Å²) in [5.74, 6) is 0.